The molecule has 0 aliphatic carbocycles. The van der Waals surface area contributed by atoms with Gasteiger partial charge in [-0.05, 0) is 48.0 Å². The summed E-state index contributed by atoms with van der Waals surface area (Å²) in [5.41, 5.74) is 3.18. The molecule has 30 heavy (non-hydrogen) atoms. The molecule has 0 fully saturated rings. The summed E-state index contributed by atoms with van der Waals surface area (Å²) in [4.78, 5) is 34.8. The van der Waals surface area contributed by atoms with Crippen LogP contribution in [0.3, 0.4) is 0 Å². The van der Waals surface area contributed by atoms with Gasteiger partial charge in [-0.2, -0.15) is 5.10 Å². The van der Waals surface area contributed by atoms with Crippen molar-refractivity contribution in [2.24, 2.45) is 5.10 Å². The fraction of sp³-hybridized carbons (Fsp3) is 0.100. The van der Waals surface area contributed by atoms with Gasteiger partial charge in [0.15, 0.2) is 6.61 Å². The largest absolute Gasteiger partial charge is 0.484 e. The Bertz CT molecular complexity index is 962. The number of anilines is 1. The third-order valence-corrected chi connectivity index (χ3v) is 4.00. The zero-order chi connectivity index (χ0) is 21.9. The highest BCUT2D eigenvalue weighted by Gasteiger charge is 2.10. The molecular formula is C20H18Cl2N4O4. The molecule has 0 saturated heterocycles. The molecule has 0 atom stereocenters. The van der Waals surface area contributed by atoms with Crippen molar-refractivity contribution in [1.29, 1.82) is 0 Å². The predicted molar refractivity (Wildman–Crippen MR) is 116 cm³/mol. The van der Waals surface area contributed by atoms with E-state index in [1.165, 1.54) is 18.4 Å². The van der Waals surface area contributed by atoms with Crippen LogP contribution >= 0.6 is 23.2 Å². The third-order valence-electron chi connectivity index (χ3n) is 3.45. The molecule has 0 spiro atoms. The zero-order valence-corrected chi connectivity index (χ0v) is 17.2. The van der Waals surface area contributed by atoms with Crippen molar-refractivity contribution in [1.82, 2.24) is 10.7 Å². The van der Waals surface area contributed by atoms with Gasteiger partial charge >= 0.3 is 11.8 Å². The molecular weight excluding hydrogens is 431 g/mol. The fourth-order valence-electron chi connectivity index (χ4n) is 2.04. The minimum atomic E-state index is -0.889. The third kappa shape index (κ3) is 7.57. The quantitative estimate of drug-likeness (QED) is 0.249. The summed E-state index contributed by atoms with van der Waals surface area (Å²) in [5, 5.41) is 9.44. The fourth-order valence-corrected chi connectivity index (χ4v) is 2.49. The van der Waals surface area contributed by atoms with E-state index < -0.39 is 11.8 Å². The molecule has 0 radical (unpaired) electrons. The highest BCUT2D eigenvalue weighted by Crippen LogP contribution is 2.25. The molecule has 0 saturated carbocycles. The number of nitrogens with one attached hydrogen (secondary N) is 3. The van der Waals surface area contributed by atoms with Crippen molar-refractivity contribution in [2.75, 3.05) is 18.5 Å². The van der Waals surface area contributed by atoms with Gasteiger partial charge < -0.3 is 15.4 Å². The summed E-state index contributed by atoms with van der Waals surface area (Å²) >= 11 is 11.8. The van der Waals surface area contributed by atoms with E-state index in [1.54, 1.807) is 36.4 Å². The Balaban J connectivity index is 1.80. The van der Waals surface area contributed by atoms with Gasteiger partial charge in [-0.3, -0.25) is 14.4 Å². The van der Waals surface area contributed by atoms with E-state index in [-0.39, 0.29) is 19.1 Å². The van der Waals surface area contributed by atoms with E-state index in [9.17, 15) is 14.4 Å². The minimum absolute atomic E-state index is 0.183. The Hall–Kier alpha value is -3.36. The lowest BCUT2D eigenvalue weighted by Gasteiger charge is -2.09. The van der Waals surface area contributed by atoms with Crippen molar-refractivity contribution >= 4 is 52.8 Å². The van der Waals surface area contributed by atoms with Crippen molar-refractivity contribution < 1.29 is 19.1 Å². The van der Waals surface area contributed by atoms with Crippen molar-refractivity contribution in [3.05, 3.63) is 70.7 Å². The summed E-state index contributed by atoms with van der Waals surface area (Å²) in [6.45, 7) is 3.39. The predicted octanol–water partition coefficient (Wildman–Crippen LogP) is 2.76. The highest BCUT2D eigenvalue weighted by molar-refractivity contribution is 6.36. The second-order valence-electron chi connectivity index (χ2n) is 5.73. The number of nitrogens with zero attached hydrogens (tertiary/aromatic N) is 1. The van der Waals surface area contributed by atoms with Gasteiger partial charge in [0.2, 0.25) is 0 Å². The van der Waals surface area contributed by atoms with Crippen LogP contribution in [0, 0.1) is 0 Å². The highest BCUT2D eigenvalue weighted by atomic mass is 35.5. The van der Waals surface area contributed by atoms with E-state index in [4.69, 9.17) is 27.9 Å². The van der Waals surface area contributed by atoms with Crippen LogP contribution < -0.4 is 20.8 Å². The molecule has 3 N–H and O–H groups in total. The number of amides is 3. The summed E-state index contributed by atoms with van der Waals surface area (Å²) in [7, 11) is 0. The van der Waals surface area contributed by atoms with Gasteiger partial charge in [0.1, 0.15) is 5.75 Å². The van der Waals surface area contributed by atoms with Crippen LogP contribution in [0.15, 0.2) is 60.2 Å². The summed E-state index contributed by atoms with van der Waals surface area (Å²) in [6, 6.07) is 11.3. The van der Waals surface area contributed by atoms with Gasteiger partial charge in [0.25, 0.3) is 5.91 Å². The molecule has 0 heterocycles. The molecule has 10 heteroatoms. The molecule has 2 aromatic rings. The number of carbonyl (C=O) groups excluding carboxylic acids is 3. The van der Waals surface area contributed by atoms with Gasteiger partial charge in [-0.25, -0.2) is 5.43 Å². The van der Waals surface area contributed by atoms with Crippen LogP contribution in [-0.4, -0.2) is 37.1 Å². The average molecular weight is 449 g/mol. The van der Waals surface area contributed by atoms with Gasteiger partial charge in [-0.1, -0.05) is 29.3 Å². The Labute approximate surface area is 182 Å². The minimum Gasteiger partial charge on any atom is -0.484 e. The van der Waals surface area contributed by atoms with E-state index in [1.807, 2.05) is 0 Å². The first-order valence-corrected chi connectivity index (χ1v) is 9.34. The van der Waals surface area contributed by atoms with Crippen molar-refractivity contribution in [3.8, 4) is 5.75 Å². The first-order valence-electron chi connectivity index (χ1n) is 8.59. The number of rotatable bonds is 8. The molecule has 0 aliphatic heterocycles. The van der Waals surface area contributed by atoms with Gasteiger partial charge in [0.05, 0.1) is 16.9 Å². The van der Waals surface area contributed by atoms with Crippen LogP contribution in [0.4, 0.5) is 5.69 Å². The first kappa shape index (κ1) is 22.9. The number of hydrazone groups is 1. The molecule has 3 amide bonds. The van der Waals surface area contributed by atoms with Crippen LogP contribution in [0.25, 0.3) is 0 Å². The number of hydrogen-bond donors (Lipinski definition) is 3. The number of hydrogen-bond acceptors (Lipinski definition) is 5. The first-order chi connectivity index (χ1) is 14.4. The maximum absolute atomic E-state index is 12.0. The average Bonchev–Trinajstić information content (AvgIpc) is 2.73. The SMILES string of the molecule is C=CCNC(=O)C(=O)N/N=C\c1ccc(OCC(=O)Nc2ccc(Cl)cc2Cl)cc1. The molecule has 156 valence electrons. The maximum Gasteiger partial charge on any atom is 0.329 e. The lowest BCUT2D eigenvalue weighted by molar-refractivity contribution is -0.139. The Morgan fingerprint density at radius 2 is 1.80 bits per heavy atom. The standard InChI is InChI=1S/C20H18Cl2N4O4/c1-2-9-23-19(28)20(29)26-24-11-13-3-6-15(7-4-13)30-12-18(27)25-17-8-5-14(21)10-16(17)22/h2-8,10-11H,1,9,12H2,(H,23,28)(H,25,27)(H,26,29)/b24-11-. The van der Waals surface area contributed by atoms with Crippen LogP contribution in [-0.2, 0) is 14.4 Å². The molecule has 2 aromatic carbocycles. The van der Waals surface area contributed by atoms with E-state index >= 15 is 0 Å². The number of ether oxygens (including phenoxy) is 1. The smallest absolute Gasteiger partial charge is 0.329 e. The molecule has 0 aromatic heterocycles. The Kier molecular flexibility index (Phi) is 8.86. The Morgan fingerprint density at radius 3 is 2.47 bits per heavy atom. The van der Waals surface area contributed by atoms with E-state index in [2.05, 4.69) is 27.7 Å². The number of carbonyl (C=O) groups is 3. The van der Waals surface area contributed by atoms with Crippen LogP contribution in [0.2, 0.25) is 10.0 Å². The van der Waals surface area contributed by atoms with Crippen LogP contribution in [0.5, 0.6) is 5.75 Å². The van der Waals surface area contributed by atoms with Gasteiger partial charge in [-0.15, -0.1) is 6.58 Å². The zero-order valence-electron chi connectivity index (χ0n) is 15.7. The second kappa shape index (κ2) is 11.6. The lowest BCUT2D eigenvalue weighted by atomic mass is 10.2. The molecule has 0 unspecified atom stereocenters. The maximum atomic E-state index is 12.0. The van der Waals surface area contributed by atoms with Crippen molar-refractivity contribution in [3.63, 3.8) is 0 Å². The molecule has 0 aliphatic rings. The molecule has 2 rings (SSSR count). The van der Waals surface area contributed by atoms with Gasteiger partial charge in [0, 0.05) is 11.6 Å². The molecule has 0 bridgehead atoms. The monoisotopic (exact) mass is 448 g/mol. The normalized spacial score (nSPS) is 10.3. The number of benzene rings is 2. The van der Waals surface area contributed by atoms with E-state index in [0.717, 1.165) is 0 Å². The van der Waals surface area contributed by atoms with Crippen LogP contribution in [0.1, 0.15) is 5.56 Å². The summed E-state index contributed by atoms with van der Waals surface area (Å²) in [5.74, 6) is -1.63. The summed E-state index contributed by atoms with van der Waals surface area (Å²) < 4.78 is 5.41. The topological polar surface area (TPSA) is 109 Å². The van der Waals surface area contributed by atoms with E-state index in [0.29, 0.717) is 27.0 Å². The number of halogens is 2. The second-order valence-corrected chi connectivity index (χ2v) is 6.57. The van der Waals surface area contributed by atoms with Crippen molar-refractivity contribution in [2.45, 2.75) is 0 Å². The Morgan fingerprint density at radius 1 is 1.07 bits per heavy atom. The lowest BCUT2D eigenvalue weighted by Crippen LogP contribution is -2.37. The summed E-state index contributed by atoms with van der Waals surface area (Å²) in [6.07, 6.45) is 2.81. The molecule has 8 nitrogen and oxygen atoms in total.